The fourth-order valence-corrected chi connectivity index (χ4v) is 6.00. The number of fused-ring (bicyclic) bond motifs is 1. The number of likely N-dealkylation sites (tertiary alicyclic amines) is 1. The molecule has 1 saturated carbocycles. The number of benzene rings is 2. The number of methoxy groups -OCH3 is 1. The summed E-state index contributed by atoms with van der Waals surface area (Å²) in [6, 6.07) is 12.4. The zero-order valence-corrected chi connectivity index (χ0v) is 21.5. The van der Waals surface area contributed by atoms with Crippen molar-refractivity contribution in [3.8, 4) is 5.75 Å². The highest BCUT2D eigenvalue weighted by Gasteiger charge is 2.30. The lowest BCUT2D eigenvalue weighted by atomic mass is 9.78. The Morgan fingerprint density at radius 2 is 1.92 bits per heavy atom. The standard InChI is InChI=1S/C30H36FN3O3/c1-36-27-9-5-4-6-21(27)10-13-29(35)32-19-23-7-2-3-8-24(23)20-34-16-14-22(15-17-34)30-26-12-11-25(31)18-28(26)37-33-30/h4-6,9-13,18,22-24H,2-3,7-8,14-17,19-20H2,1H3,(H,32,35)/b13-10+/t23-,24-/m0/s1. The number of aromatic nitrogens is 1. The van der Waals surface area contributed by atoms with Gasteiger partial charge in [0.1, 0.15) is 11.6 Å². The molecule has 1 aromatic heterocycles. The van der Waals surface area contributed by atoms with Crippen molar-refractivity contribution in [1.29, 1.82) is 0 Å². The lowest BCUT2D eigenvalue weighted by Gasteiger charge is -2.38. The van der Waals surface area contributed by atoms with Crippen LogP contribution in [0.25, 0.3) is 17.0 Å². The summed E-state index contributed by atoms with van der Waals surface area (Å²) in [5, 5.41) is 8.36. The molecule has 37 heavy (non-hydrogen) atoms. The van der Waals surface area contributed by atoms with Crippen molar-refractivity contribution in [3.63, 3.8) is 0 Å². The van der Waals surface area contributed by atoms with Crippen LogP contribution in [-0.4, -0.2) is 49.3 Å². The maximum Gasteiger partial charge on any atom is 0.244 e. The normalized spacial score (nSPS) is 21.5. The van der Waals surface area contributed by atoms with E-state index in [0.717, 1.165) is 61.4 Å². The Hall–Kier alpha value is -3.19. The second-order valence-corrected chi connectivity index (χ2v) is 10.4. The summed E-state index contributed by atoms with van der Waals surface area (Å²) in [6.45, 7) is 3.85. The van der Waals surface area contributed by atoms with Crippen LogP contribution in [0, 0.1) is 17.7 Å². The molecule has 1 aliphatic carbocycles. The first-order valence-electron chi connectivity index (χ1n) is 13.5. The summed E-state index contributed by atoms with van der Waals surface area (Å²) >= 11 is 0. The molecule has 2 fully saturated rings. The SMILES string of the molecule is COc1ccccc1/C=C/C(=O)NC[C@@H]1CCCC[C@H]1CN1CCC(c2noc3cc(F)ccc23)CC1. The van der Waals surface area contributed by atoms with Gasteiger partial charge in [-0.1, -0.05) is 36.2 Å². The third kappa shape index (κ3) is 6.21. The van der Waals surface area contributed by atoms with Crippen LogP contribution in [-0.2, 0) is 4.79 Å². The van der Waals surface area contributed by atoms with E-state index in [4.69, 9.17) is 9.26 Å². The van der Waals surface area contributed by atoms with Gasteiger partial charge in [-0.25, -0.2) is 4.39 Å². The second kappa shape index (κ2) is 11.9. The largest absolute Gasteiger partial charge is 0.496 e. The number of piperidine rings is 1. The third-order valence-corrected chi connectivity index (χ3v) is 8.09. The lowest BCUT2D eigenvalue weighted by molar-refractivity contribution is -0.116. The van der Waals surface area contributed by atoms with Crippen LogP contribution in [0.3, 0.4) is 0 Å². The fraction of sp³-hybridized carbons (Fsp3) is 0.467. The first-order valence-corrected chi connectivity index (χ1v) is 13.5. The number of ether oxygens (including phenoxy) is 1. The topological polar surface area (TPSA) is 67.6 Å². The van der Waals surface area contributed by atoms with Gasteiger partial charge in [0.05, 0.1) is 12.8 Å². The maximum atomic E-state index is 13.5. The van der Waals surface area contributed by atoms with Gasteiger partial charge in [-0.2, -0.15) is 0 Å². The predicted octanol–water partition coefficient (Wildman–Crippen LogP) is 5.79. The summed E-state index contributed by atoms with van der Waals surface area (Å²) in [5.74, 6) is 1.85. The molecule has 0 radical (unpaired) electrons. The summed E-state index contributed by atoms with van der Waals surface area (Å²) in [6.07, 6.45) is 10.3. The van der Waals surface area contributed by atoms with Gasteiger partial charge in [-0.15, -0.1) is 0 Å². The minimum Gasteiger partial charge on any atom is -0.496 e. The summed E-state index contributed by atoms with van der Waals surface area (Å²) < 4.78 is 24.3. The van der Waals surface area contributed by atoms with Crippen LogP contribution in [0.1, 0.15) is 55.7 Å². The van der Waals surface area contributed by atoms with E-state index in [1.165, 1.54) is 37.8 Å². The molecule has 2 aliphatic rings. The van der Waals surface area contributed by atoms with Crippen LogP contribution in [0.2, 0.25) is 0 Å². The first kappa shape index (κ1) is 25.5. The Kier molecular flexibility index (Phi) is 8.19. The Labute approximate surface area is 217 Å². The molecule has 1 aliphatic heterocycles. The molecule has 0 spiro atoms. The maximum absolute atomic E-state index is 13.5. The van der Waals surface area contributed by atoms with E-state index in [9.17, 15) is 9.18 Å². The molecule has 3 aromatic rings. The van der Waals surface area contributed by atoms with Gasteiger partial charge in [-0.05, 0) is 74.9 Å². The second-order valence-electron chi connectivity index (χ2n) is 10.4. The van der Waals surface area contributed by atoms with E-state index < -0.39 is 0 Å². The van der Waals surface area contributed by atoms with Crippen molar-refractivity contribution in [2.24, 2.45) is 11.8 Å². The number of rotatable bonds is 8. The zero-order chi connectivity index (χ0) is 25.6. The quantitative estimate of drug-likeness (QED) is 0.393. The monoisotopic (exact) mass is 505 g/mol. The van der Waals surface area contributed by atoms with E-state index in [-0.39, 0.29) is 11.7 Å². The Balaban J connectivity index is 1.12. The minimum absolute atomic E-state index is 0.0595. The van der Waals surface area contributed by atoms with Gasteiger partial charge in [-0.3, -0.25) is 4.79 Å². The molecule has 7 heteroatoms. The van der Waals surface area contributed by atoms with Crippen LogP contribution in [0.15, 0.2) is 53.1 Å². The minimum atomic E-state index is -0.296. The van der Waals surface area contributed by atoms with Crippen LogP contribution in [0.4, 0.5) is 4.39 Å². The van der Waals surface area contributed by atoms with Gasteiger partial charge in [0, 0.05) is 42.1 Å². The number of hydrogen-bond acceptors (Lipinski definition) is 5. The molecule has 1 N–H and O–H groups in total. The number of amides is 1. The van der Waals surface area contributed by atoms with Crippen LogP contribution < -0.4 is 10.1 Å². The molecule has 0 unspecified atom stereocenters. The number of carbonyl (C=O) groups is 1. The Morgan fingerprint density at radius 1 is 1.14 bits per heavy atom. The van der Waals surface area contributed by atoms with Crippen molar-refractivity contribution in [3.05, 3.63) is 65.6 Å². The smallest absolute Gasteiger partial charge is 0.244 e. The molecule has 2 atom stereocenters. The molecule has 1 amide bonds. The molecule has 0 bridgehead atoms. The molecule has 2 heterocycles. The highest BCUT2D eigenvalue weighted by atomic mass is 19.1. The summed E-state index contributed by atoms with van der Waals surface area (Å²) in [4.78, 5) is 15.1. The van der Waals surface area contributed by atoms with Crippen molar-refractivity contribution < 1.29 is 18.4 Å². The van der Waals surface area contributed by atoms with E-state index in [1.54, 1.807) is 19.3 Å². The number of nitrogens with zero attached hydrogens (tertiary/aromatic N) is 2. The highest BCUT2D eigenvalue weighted by molar-refractivity contribution is 5.92. The van der Waals surface area contributed by atoms with E-state index in [0.29, 0.717) is 23.3 Å². The summed E-state index contributed by atoms with van der Waals surface area (Å²) in [5.41, 5.74) is 2.39. The Morgan fingerprint density at radius 3 is 2.73 bits per heavy atom. The predicted molar refractivity (Wildman–Crippen MR) is 143 cm³/mol. The number of hydrogen-bond donors (Lipinski definition) is 1. The molecular weight excluding hydrogens is 469 g/mol. The molecular formula is C30H36FN3O3. The Bertz CT molecular complexity index is 1230. The average Bonchev–Trinajstić information content (AvgIpc) is 3.35. The highest BCUT2D eigenvalue weighted by Crippen LogP contribution is 2.35. The van der Waals surface area contributed by atoms with Crippen molar-refractivity contribution in [2.45, 2.75) is 44.4 Å². The number of carbonyl (C=O) groups excluding carboxylic acids is 1. The molecule has 1 saturated heterocycles. The third-order valence-electron chi connectivity index (χ3n) is 8.09. The van der Waals surface area contributed by atoms with Gasteiger partial charge in [0.2, 0.25) is 5.91 Å². The van der Waals surface area contributed by atoms with Crippen LogP contribution in [0.5, 0.6) is 5.75 Å². The van der Waals surface area contributed by atoms with Gasteiger partial charge in [0.25, 0.3) is 0 Å². The molecule has 2 aromatic carbocycles. The number of para-hydroxylation sites is 1. The number of nitrogens with one attached hydrogen (secondary N) is 1. The molecule has 6 nitrogen and oxygen atoms in total. The first-order chi connectivity index (χ1) is 18.1. The zero-order valence-electron chi connectivity index (χ0n) is 21.5. The van der Waals surface area contributed by atoms with Gasteiger partial charge in [0.15, 0.2) is 5.58 Å². The van der Waals surface area contributed by atoms with Crippen molar-refractivity contribution in [1.82, 2.24) is 15.4 Å². The lowest BCUT2D eigenvalue weighted by Crippen LogP contribution is -2.42. The number of halogens is 1. The van der Waals surface area contributed by atoms with Gasteiger partial charge < -0.3 is 19.5 Å². The fourth-order valence-electron chi connectivity index (χ4n) is 6.00. The van der Waals surface area contributed by atoms with E-state index >= 15 is 0 Å². The van der Waals surface area contributed by atoms with Crippen molar-refractivity contribution in [2.75, 3.05) is 33.3 Å². The average molecular weight is 506 g/mol. The molecule has 196 valence electrons. The molecule has 5 rings (SSSR count). The van der Waals surface area contributed by atoms with Crippen molar-refractivity contribution >= 4 is 23.0 Å². The van der Waals surface area contributed by atoms with Gasteiger partial charge >= 0.3 is 0 Å². The summed E-state index contributed by atoms with van der Waals surface area (Å²) in [7, 11) is 1.64. The van der Waals surface area contributed by atoms with E-state index in [2.05, 4.69) is 15.4 Å². The van der Waals surface area contributed by atoms with Crippen LogP contribution >= 0.6 is 0 Å². The van der Waals surface area contributed by atoms with E-state index in [1.807, 2.05) is 30.3 Å².